The molecule has 0 aliphatic carbocycles. The van der Waals surface area contributed by atoms with Crippen molar-refractivity contribution in [3.05, 3.63) is 46.6 Å². The van der Waals surface area contributed by atoms with Crippen molar-refractivity contribution in [3.63, 3.8) is 0 Å². The summed E-state index contributed by atoms with van der Waals surface area (Å²) in [5, 5.41) is 9.27. The molecule has 158 valence electrons. The van der Waals surface area contributed by atoms with Crippen molar-refractivity contribution in [2.24, 2.45) is 0 Å². The Hall–Kier alpha value is -1.48. The fourth-order valence-corrected chi connectivity index (χ4v) is 5.66. The molecule has 2 aliphatic rings. The summed E-state index contributed by atoms with van der Waals surface area (Å²) < 4.78 is 31.7. The summed E-state index contributed by atoms with van der Waals surface area (Å²) in [6.07, 6.45) is 5.71. The number of hydrogen-bond donors (Lipinski definition) is 0. The molecule has 3 heterocycles. The van der Waals surface area contributed by atoms with Crippen LogP contribution in [0, 0.1) is 0 Å². The van der Waals surface area contributed by atoms with E-state index in [0.717, 1.165) is 56.8 Å². The third-order valence-corrected chi connectivity index (χ3v) is 7.38. The van der Waals surface area contributed by atoms with Gasteiger partial charge < -0.3 is 4.42 Å². The Morgan fingerprint density at radius 2 is 1.86 bits per heavy atom. The molecule has 1 atom stereocenters. The van der Waals surface area contributed by atoms with Crippen LogP contribution in [0.5, 0.6) is 0 Å². The fraction of sp³-hybridized carbons (Fsp3) is 0.600. The molecule has 29 heavy (non-hydrogen) atoms. The number of aromatic nitrogens is 2. The lowest BCUT2D eigenvalue weighted by atomic mass is 9.96. The first kappa shape index (κ1) is 20.8. The van der Waals surface area contributed by atoms with E-state index in [4.69, 9.17) is 16.0 Å². The van der Waals surface area contributed by atoms with Crippen LogP contribution < -0.4 is 0 Å². The average molecular weight is 439 g/mol. The first-order valence-corrected chi connectivity index (χ1v) is 12.4. The van der Waals surface area contributed by atoms with E-state index in [9.17, 15) is 8.42 Å². The highest BCUT2D eigenvalue weighted by atomic mass is 35.5. The lowest BCUT2D eigenvalue weighted by molar-refractivity contribution is 0.184. The van der Waals surface area contributed by atoms with E-state index in [1.54, 1.807) is 0 Å². The van der Waals surface area contributed by atoms with E-state index in [2.05, 4.69) is 21.2 Å². The quantitative estimate of drug-likeness (QED) is 0.709. The minimum Gasteiger partial charge on any atom is -0.423 e. The van der Waals surface area contributed by atoms with Crippen molar-refractivity contribution >= 4 is 21.6 Å². The minimum absolute atomic E-state index is 0.224. The molecule has 0 radical (unpaired) electrons. The Morgan fingerprint density at radius 3 is 2.59 bits per heavy atom. The Morgan fingerprint density at radius 1 is 1.10 bits per heavy atom. The molecule has 1 aromatic heterocycles. The zero-order valence-corrected chi connectivity index (χ0v) is 18.2. The van der Waals surface area contributed by atoms with Crippen LogP contribution in [-0.2, 0) is 16.6 Å². The van der Waals surface area contributed by atoms with Crippen molar-refractivity contribution in [2.45, 2.75) is 50.6 Å². The van der Waals surface area contributed by atoms with Gasteiger partial charge in [-0.2, -0.15) is 4.31 Å². The molecule has 1 aromatic carbocycles. The first-order chi connectivity index (χ1) is 13.9. The van der Waals surface area contributed by atoms with E-state index in [1.165, 1.54) is 16.1 Å². The number of nitrogens with zero attached hydrogens (tertiary/aromatic N) is 4. The zero-order chi connectivity index (χ0) is 20.4. The summed E-state index contributed by atoms with van der Waals surface area (Å²) >= 11 is 6.08. The Balaban J connectivity index is 1.38. The van der Waals surface area contributed by atoms with Gasteiger partial charge >= 0.3 is 0 Å². The van der Waals surface area contributed by atoms with Crippen LogP contribution in [0.2, 0.25) is 5.02 Å². The maximum Gasteiger partial charge on any atom is 0.234 e. The van der Waals surface area contributed by atoms with Crippen molar-refractivity contribution in [1.29, 1.82) is 0 Å². The van der Waals surface area contributed by atoms with Crippen LogP contribution in [0.3, 0.4) is 0 Å². The largest absolute Gasteiger partial charge is 0.423 e. The van der Waals surface area contributed by atoms with E-state index < -0.39 is 10.0 Å². The highest BCUT2D eigenvalue weighted by Gasteiger charge is 2.35. The summed E-state index contributed by atoms with van der Waals surface area (Å²) in [6.45, 7) is 3.30. The van der Waals surface area contributed by atoms with Crippen LogP contribution in [-0.4, -0.2) is 53.7 Å². The lowest BCUT2D eigenvalue weighted by Crippen LogP contribution is -2.37. The monoisotopic (exact) mass is 438 g/mol. The van der Waals surface area contributed by atoms with Crippen molar-refractivity contribution in [2.75, 3.05) is 25.9 Å². The molecule has 2 saturated heterocycles. The number of rotatable bonds is 5. The first-order valence-electron chi connectivity index (χ1n) is 10.2. The molecular weight excluding hydrogens is 412 g/mol. The van der Waals surface area contributed by atoms with Crippen LogP contribution in [0.4, 0.5) is 0 Å². The molecule has 0 saturated carbocycles. The predicted molar refractivity (Wildman–Crippen MR) is 111 cm³/mol. The van der Waals surface area contributed by atoms with Crippen LogP contribution >= 0.6 is 11.6 Å². The number of hydrogen-bond acceptors (Lipinski definition) is 6. The molecule has 1 unspecified atom stereocenters. The van der Waals surface area contributed by atoms with Gasteiger partial charge in [-0.25, -0.2) is 8.42 Å². The summed E-state index contributed by atoms with van der Waals surface area (Å²) in [5.74, 6) is 1.30. The highest BCUT2D eigenvalue weighted by Crippen LogP contribution is 2.34. The number of halogens is 1. The molecule has 2 fully saturated rings. The maximum absolute atomic E-state index is 12.1. The second-order valence-corrected chi connectivity index (χ2v) is 10.4. The Kier molecular flexibility index (Phi) is 6.24. The van der Waals surface area contributed by atoms with Gasteiger partial charge in [0, 0.05) is 24.0 Å². The molecule has 0 amide bonds. The molecular formula is C20H27ClN4O3S. The van der Waals surface area contributed by atoms with Gasteiger partial charge in [0.05, 0.1) is 6.26 Å². The molecule has 0 N–H and O–H groups in total. The van der Waals surface area contributed by atoms with Crippen molar-refractivity contribution in [3.8, 4) is 0 Å². The van der Waals surface area contributed by atoms with Gasteiger partial charge in [-0.05, 0) is 56.5 Å². The van der Waals surface area contributed by atoms with Gasteiger partial charge in [0.1, 0.15) is 6.04 Å². The number of benzene rings is 1. The van der Waals surface area contributed by atoms with Gasteiger partial charge in [-0.1, -0.05) is 30.2 Å². The van der Waals surface area contributed by atoms with Gasteiger partial charge in [-0.15, -0.1) is 10.2 Å². The van der Waals surface area contributed by atoms with E-state index in [0.29, 0.717) is 18.3 Å². The normalized spacial score (nSPS) is 22.8. The number of sulfonamides is 1. The van der Waals surface area contributed by atoms with E-state index >= 15 is 0 Å². The topological polar surface area (TPSA) is 79.5 Å². The summed E-state index contributed by atoms with van der Waals surface area (Å²) in [4.78, 5) is 2.41. The minimum atomic E-state index is -3.29. The summed E-state index contributed by atoms with van der Waals surface area (Å²) in [6, 6.07) is 7.65. The molecule has 4 rings (SSSR count). The number of likely N-dealkylation sites (tertiary alicyclic amines) is 1. The average Bonchev–Trinajstić information content (AvgIpc) is 3.18. The van der Waals surface area contributed by atoms with Crippen LogP contribution in [0.1, 0.15) is 61.4 Å². The molecule has 0 bridgehead atoms. The molecule has 7 nitrogen and oxygen atoms in total. The fourth-order valence-electron chi connectivity index (χ4n) is 4.33. The van der Waals surface area contributed by atoms with Gasteiger partial charge in [0.15, 0.2) is 0 Å². The maximum atomic E-state index is 12.1. The third-order valence-electron chi connectivity index (χ3n) is 5.85. The second-order valence-electron chi connectivity index (χ2n) is 8.04. The van der Waals surface area contributed by atoms with Crippen LogP contribution in [0.25, 0.3) is 0 Å². The highest BCUT2D eigenvalue weighted by molar-refractivity contribution is 7.88. The van der Waals surface area contributed by atoms with Crippen LogP contribution in [0.15, 0.2) is 28.7 Å². The Bertz CT molecular complexity index is 941. The summed E-state index contributed by atoms with van der Waals surface area (Å²) in [5.41, 5.74) is 1.22. The smallest absolute Gasteiger partial charge is 0.234 e. The molecule has 0 spiro atoms. The third kappa shape index (κ3) is 4.99. The summed E-state index contributed by atoms with van der Waals surface area (Å²) in [7, 11) is -3.29. The van der Waals surface area contributed by atoms with Crippen molar-refractivity contribution < 1.29 is 12.8 Å². The number of piperidine rings is 2. The van der Waals surface area contributed by atoms with Crippen molar-refractivity contribution in [1.82, 2.24) is 19.4 Å². The Labute approximate surface area is 177 Å². The molecule has 2 aliphatic heterocycles. The molecule has 9 heteroatoms. The molecule has 2 aromatic rings. The predicted octanol–water partition coefficient (Wildman–Crippen LogP) is 3.59. The van der Waals surface area contributed by atoms with Gasteiger partial charge in [-0.3, -0.25) is 4.90 Å². The lowest BCUT2D eigenvalue weighted by Gasteiger charge is -2.31. The standard InChI is InChI=1S/C20H27ClN4O3S/c1-29(26,27)25-10-3-2-7-18(25)20-23-22-19(28-20)16-8-11-24(12-9-16)14-15-5-4-6-17(21)13-15/h4-6,13,16,18H,2-3,7-12,14H2,1H3. The van der Waals surface area contributed by atoms with E-state index in [1.807, 2.05) is 18.2 Å². The van der Waals surface area contributed by atoms with Gasteiger partial charge in [0.25, 0.3) is 0 Å². The SMILES string of the molecule is CS(=O)(=O)N1CCCCC1c1nnc(C2CCN(Cc3cccc(Cl)c3)CC2)o1. The van der Waals surface area contributed by atoms with Gasteiger partial charge in [0.2, 0.25) is 21.8 Å². The second kappa shape index (κ2) is 8.71. The zero-order valence-electron chi connectivity index (χ0n) is 16.6. The van der Waals surface area contributed by atoms with E-state index in [-0.39, 0.29) is 12.0 Å².